The summed E-state index contributed by atoms with van der Waals surface area (Å²) in [6.45, 7) is -0.338. The third-order valence-electron chi connectivity index (χ3n) is 2.51. The largest absolute Gasteiger partial charge is 0.394 e. The van der Waals surface area contributed by atoms with Gasteiger partial charge in [-0.2, -0.15) is 13.4 Å². The molecule has 0 aromatic carbocycles. The van der Waals surface area contributed by atoms with Crippen molar-refractivity contribution in [1.29, 1.82) is 0 Å². The van der Waals surface area contributed by atoms with Crippen molar-refractivity contribution in [3.8, 4) is 0 Å². The highest BCUT2D eigenvalue weighted by atomic mass is 35.5. The summed E-state index contributed by atoms with van der Waals surface area (Å²) < 4.78 is 34.4. The minimum atomic E-state index is -4.78. The number of carbonyl (C=O) groups is 1. The SMILES string of the molecule is Nc1cnc(Cl)nc1N1CC(S(=O)(=O)F)CC1=O. The lowest BCUT2D eigenvalue weighted by atomic mass is 10.4. The van der Waals surface area contributed by atoms with Gasteiger partial charge >= 0.3 is 10.2 Å². The Kier molecular flexibility index (Phi) is 3.11. The molecule has 1 atom stereocenters. The third kappa shape index (κ3) is 2.36. The smallest absolute Gasteiger partial charge is 0.307 e. The molecule has 2 heterocycles. The van der Waals surface area contributed by atoms with Gasteiger partial charge in [-0.25, -0.2) is 4.98 Å². The second kappa shape index (κ2) is 4.32. The minimum absolute atomic E-state index is 0.00819. The van der Waals surface area contributed by atoms with Gasteiger partial charge in [0.2, 0.25) is 11.2 Å². The fourth-order valence-electron chi connectivity index (χ4n) is 1.65. The van der Waals surface area contributed by atoms with Gasteiger partial charge in [0.05, 0.1) is 11.9 Å². The number of hydrogen-bond donors (Lipinski definition) is 1. The number of hydrogen-bond acceptors (Lipinski definition) is 6. The van der Waals surface area contributed by atoms with E-state index in [1.165, 1.54) is 6.20 Å². The Bertz CT molecular complexity index is 608. The Balaban J connectivity index is 2.35. The van der Waals surface area contributed by atoms with Gasteiger partial charge in [-0.3, -0.25) is 9.69 Å². The topological polar surface area (TPSA) is 106 Å². The second-order valence-electron chi connectivity index (χ2n) is 3.72. The first-order chi connectivity index (χ1) is 8.29. The Hall–Kier alpha value is -1.48. The molecule has 1 amide bonds. The van der Waals surface area contributed by atoms with Crippen LogP contribution in [0.1, 0.15) is 6.42 Å². The summed E-state index contributed by atoms with van der Waals surface area (Å²) >= 11 is 5.56. The van der Waals surface area contributed by atoms with Gasteiger partial charge in [-0.05, 0) is 11.6 Å². The molecule has 1 unspecified atom stereocenters. The summed E-state index contributed by atoms with van der Waals surface area (Å²) in [6, 6.07) is 0. The first-order valence-corrected chi connectivity index (χ1v) is 6.63. The van der Waals surface area contributed by atoms with Gasteiger partial charge in [-0.15, -0.1) is 3.89 Å². The molecule has 1 aromatic heterocycles. The summed E-state index contributed by atoms with van der Waals surface area (Å²) in [5, 5.41) is -1.54. The third-order valence-corrected chi connectivity index (χ3v) is 3.80. The number of anilines is 2. The van der Waals surface area contributed by atoms with Gasteiger partial charge < -0.3 is 5.73 Å². The van der Waals surface area contributed by atoms with E-state index in [9.17, 15) is 17.1 Å². The van der Waals surface area contributed by atoms with Crippen molar-refractivity contribution in [2.24, 2.45) is 0 Å². The van der Waals surface area contributed by atoms with E-state index in [1.54, 1.807) is 0 Å². The predicted octanol–water partition coefficient (Wildman–Crippen LogP) is 0.117. The van der Waals surface area contributed by atoms with E-state index in [2.05, 4.69) is 9.97 Å². The molecule has 1 aliphatic heterocycles. The maximum Gasteiger partial charge on any atom is 0.307 e. The Morgan fingerprint density at radius 3 is 2.78 bits per heavy atom. The molecular weight excluding hydrogens is 287 g/mol. The number of nitrogens with zero attached hydrogens (tertiary/aromatic N) is 3. The van der Waals surface area contributed by atoms with E-state index in [1.807, 2.05) is 0 Å². The van der Waals surface area contributed by atoms with Crippen molar-refractivity contribution >= 4 is 39.2 Å². The van der Waals surface area contributed by atoms with Crippen molar-refractivity contribution < 1.29 is 17.1 Å². The van der Waals surface area contributed by atoms with Crippen LogP contribution in [-0.2, 0) is 15.0 Å². The van der Waals surface area contributed by atoms with Crippen molar-refractivity contribution in [1.82, 2.24) is 9.97 Å². The van der Waals surface area contributed by atoms with E-state index in [0.717, 1.165) is 4.90 Å². The minimum Gasteiger partial charge on any atom is -0.394 e. The maximum atomic E-state index is 12.8. The zero-order valence-electron chi connectivity index (χ0n) is 8.88. The van der Waals surface area contributed by atoms with Crippen LogP contribution in [0.5, 0.6) is 0 Å². The molecule has 2 N–H and O–H groups in total. The summed E-state index contributed by atoms with van der Waals surface area (Å²) in [4.78, 5) is 20.0. The highest BCUT2D eigenvalue weighted by Gasteiger charge is 2.40. The molecule has 1 aromatic rings. The molecule has 98 valence electrons. The van der Waals surface area contributed by atoms with E-state index in [-0.39, 0.29) is 23.3 Å². The van der Waals surface area contributed by atoms with E-state index in [4.69, 9.17) is 17.3 Å². The van der Waals surface area contributed by atoms with Crippen LogP contribution < -0.4 is 10.6 Å². The van der Waals surface area contributed by atoms with Gasteiger partial charge in [-0.1, -0.05) is 0 Å². The van der Waals surface area contributed by atoms with Gasteiger partial charge in [0.15, 0.2) is 5.82 Å². The molecule has 1 aliphatic rings. The Morgan fingerprint density at radius 2 is 2.22 bits per heavy atom. The van der Waals surface area contributed by atoms with Crippen LogP contribution in [0.3, 0.4) is 0 Å². The summed E-state index contributed by atoms with van der Waals surface area (Å²) in [5.41, 5.74) is 5.63. The van der Waals surface area contributed by atoms with Crippen LogP contribution in [-0.4, -0.2) is 36.1 Å². The summed E-state index contributed by atoms with van der Waals surface area (Å²) in [7, 11) is -4.78. The lowest BCUT2D eigenvalue weighted by Gasteiger charge is -2.16. The van der Waals surface area contributed by atoms with Gasteiger partial charge in [0.25, 0.3) is 0 Å². The lowest BCUT2D eigenvalue weighted by Crippen LogP contribution is -2.28. The number of aromatic nitrogens is 2. The van der Waals surface area contributed by atoms with Crippen molar-refractivity contribution in [2.75, 3.05) is 17.2 Å². The molecule has 0 bridgehead atoms. The molecule has 0 spiro atoms. The zero-order valence-corrected chi connectivity index (χ0v) is 10.4. The molecule has 7 nitrogen and oxygen atoms in total. The number of rotatable bonds is 2. The van der Waals surface area contributed by atoms with Crippen molar-refractivity contribution in [2.45, 2.75) is 11.7 Å². The highest BCUT2D eigenvalue weighted by molar-refractivity contribution is 7.87. The number of nitrogens with two attached hydrogens (primary N) is 1. The molecule has 0 radical (unpaired) electrons. The first kappa shape index (κ1) is 13.0. The van der Waals surface area contributed by atoms with Gasteiger partial charge in [0, 0.05) is 13.0 Å². The summed E-state index contributed by atoms with van der Waals surface area (Å²) in [5.74, 6) is -0.589. The fourth-order valence-corrected chi connectivity index (χ4v) is 2.44. The average Bonchev–Trinajstić information content (AvgIpc) is 2.64. The van der Waals surface area contributed by atoms with E-state index < -0.39 is 27.8 Å². The van der Waals surface area contributed by atoms with Crippen LogP contribution in [0.25, 0.3) is 0 Å². The molecule has 2 rings (SSSR count). The Labute approximate surface area is 107 Å². The molecule has 0 aliphatic carbocycles. The van der Waals surface area contributed by atoms with Crippen LogP contribution in [0.2, 0.25) is 5.28 Å². The van der Waals surface area contributed by atoms with Crippen LogP contribution in [0.15, 0.2) is 6.20 Å². The molecular formula is C8H8ClFN4O3S. The monoisotopic (exact) mass is 294 g/mol. The normalized spacial score (nSPS) is 20.4. The first-order valence-electron chi connectivity index (χ1n) is 4.81. The van der Waals surface area contributed by atoms with Crippen molar-refractivity contribution in [3.05, 3.63) is 11.5 Å². The molecule has 18 heavy (non-hydrogen) atoms. The standard InChI is InChI=1S/C8H8ClFN4O3S/c9-8-12-2-5(11)7(13-8)14-3-4(1-6(14)15)18(10,16)17/h2,4H,1,3,11H2. The van der Waals surface area contributed by atoms with E-state index in [0.29, 0.717) is 0 Å². The molecule has 0 saturated carbocycles. The van der Waals surface area contributed by atoms with Crippen LogP contribution in [0, 0.1) is 0 Å². The maximum absolute atomic E-state index is 12.8. The Morgan fingerprint density at radius 1 is 1.56 bits per heavy atom. The average molecular weight is 295 g/mol. The molecule has 1 fully saturated rings. The number of nitrogen functional groups attached to an aromatic ring is 1. The number of carbonyl (C=O) groups excluding carboxylic acids is 1. The number of amides is 1. The molecule has 10 heteroatoms. The van der Waals surface area contributed by atoms with Crippen LogP contribution >= 0.6 is 11.6 Å². The van der Waals surface area contributed by atoms with E-state index >= 15 is 0 Å². The highest BCUT2D eigenvalue weighted by Crippen LogP contribution is 2.28. The van der Waals surface area contributed by atoms with Crippen LogP contribution in [0.4, 0.5) is 15.4 Å². The second-order valence-corrected chi connectivity index (χ2v) is 5.68. The lowest BCUT2D eigenvalue weighted by molar-refractivity contribution is -0.117. The van der Waals surface area contributed by atoms with Gasteiger partial charge in [0.1, 0.15) is 5.25 Å². The number of halogens is 2. The quantitative estimate of drug-likeness (QED) is 0.613. The zero-order chi connectivity index (χ0) is 13.5. The molecule has 1 saturated heterocycles. The summed E-state index contributed by atoms with van der Waals surface area (Å²) in [6.07, 6.45) is 0.745. The fraction of sp³-hybridized carbons (Fsp3) is 0.375. The van der Waals surface area contributed by atoms with Crippen molar-refractivity contribution in [3.63, 3.8) is 0 Å². The predicted molar refractivity (Wildman–Crippen MR) is 62.2 cm³/mol.